The molecule has 3 heterocycles. The molecule has 0 aliphatic carbocycles. The fraction of sp³-hybridized carbons (Fsp3) is 0.370. The molecule has 1 aromatic heterocycles. The minimum Gasteiger partial charge on any atom is -0.448 e. The summed E-state index contributed by atoms with van der Waals surface area (Å²) in [6.45, 7) is 3.83. The number of amides is 1. The first-order valence-corrected chi connectivity index (χ1v) is 15.1. The number of carbonyl (C=O) groups excluding carboxylic acids is 2. The maximum Gasteiger partial charge on any atom is 0.434 e. The van der Waals surface area contributed by atoms with Crippen molar-refractivity contribution in [1.29, 1.82) is 0 Å². The van der Waals surface area contributed by atoms with Crippen molar-refractivity contribution < 1.29 is 36.4 Å². The van der Waals surface area contributed by atoms with Crippen LogP contribution in [0.3, 0.4) is 0 Å². The number of nitrogens with one attached hydrogen (secondary N) is 1. The summed E-state index contributed by atoms with van der Waals surface area (Å²) in [4.78, 5) is 40.9. The number of likely N-dealkylation sites (N-methyl/N-ethyl adjacent to an activating group) is 1. The van der Waals surface area contributed by atoms with Crippen molar-refractivity contribution in [1.82, 2.24) is 19.0 Å². The number of fused-ring (bicyclic) bond motifs is 1. The number of carbonyl (C=O) groups is 2. The predicted octanol–water partition coefficient (Wildman–Crippen LogP) is 2.83. The zero-order valence-electron chi connectivity index (χ0n) is 23.8. The van der Waals surface area contributed by atoms with E-state index in [0.717, 1.165) is 22.1 Å². The molecule has 1 N–H and O–H groups in total. The lowest BCUT2D eigenvalue weighted by Gasteiger charge is -2.34. The van der Waals surface area contributed by atoms with E-state index in [1.54, 1.807) is 13.0 Å². The van der Waals surface area contributed by atoms with E-state index in [1.165, 1.54) is 12.1 Å². The van der Waals surface area contributed by atoms with Crippen LogP contribution in [0.5, 0.6) is 0 Å². The van der Waals surface area contributed by atoms with E-state index in [4.69, 9.17) is 4.74 Å². The van der Waals surface area contributed by atoms with Gasteiger partial charge in [0.15, 0.2) is 5.82 Å². The summed E-state index contributed by atoms with van der Waals surface area (Å²) in [5, 5.41) is 18.6. The monoisotopic (exact) mass is 633 g/mol. The van der Waals surface area contributed by atoms with Gasteiger partial charge >= 0.3 is 6.09 Å². The molecular formula is C27H29F2N7O7S. The lowest BCUT2D eigenvalue weighted by molar-refractivity contribution is -0.385. The lowest BCUT2D eigenvalue weighted by Crippen LogP contribution is -2.44. The van der Waals surface area contributed by atoms with Crippen LogP contribution >= 0.6 is 0 Å². The fourth-order valence-corrected chi connectivity index (χ4v) is 6.61. The second-order valence-electron chi connectivity index (χ2n) is 10.3. The van der Waals surface area contributed by atoms with Gasteiger partial charge in [-0.2, -0.15) is 8.99 Å². The second-order valence-corrected chi connectivity index (χ2v) is 12.2. The number of rotatable bonds is 7. The highest BCUT2D eigenvalue weighted by Gasteiger charge is 2.35. The third-order valence-corrected chi connectivity index (χ3v) is 9.28. The van der Waals surface area contributed by atoms with E-state index in [9.17, 15) is 36.9 Å². The van der Waals surface area contributed by atoms with Crippen LogP contribution in [0.15, 0.2) is 41.3 Å². The predicted molar refractivity (Wildman–Crippen MR) is 153 cm³/mol. The maximum absolute atomic E-state index is 13.8. The van der Waals surface area contributed by atoms with E-state index >= 15 is 0 Å². The number of aromatic nitrogens is 2. The highest BCUT2D eigenvalue weighted by atomic mass is 32.2. The number of ether oxygens (including phenoxy) is 1. The molecule has 2 aromatic carbocycles. The Morgan fingerprint density at radius 3 is 2.39 bits per heavy atom. The third kappa shape index (κ3) is 6.11. The van der Waals surface area contributed by atoms with E-state index in [0.29, 0.717) is 37.0 Å². The molecule has 17 heteroatoms. The summed E-state index contributed by atoms with van der Waals surface area (Å²) < 4.78 is 61.2. The molecule has 234 valence electrons. The normalized spacial score (nSPS) is 16.0. The molecule has 0 radical (unpaired) electrons. The van der Waals surface area contributed by atoms with Crippen LogP contribution in [0.4, 0.5) is 30.8 Å². The van der Waals surface area contributed by atoms with Crippen molar-refractivity contribution >= 4 is 39.2 Å². The fourth-order valence-electron chi connectivity index (χ4n) is 5.16. The molecular weight excluding hydrogens is 604 g/mol. The van der Waals surface area contributed by atoms with Crippen molar-refractivity contribution in [3.05, 3.63) is 75.0 Å². The average molecular weight is 634 g/mol. The topological polar surface area (TPSA) is 160 Å². The highest BCUT2D eigenvalue weighted by molar-refractivity contribution is 7.89. The zero-order valence-corrected chi connectivity index (χ0v) is 24.6. The number of hydrogen-bond acceptors (Lipinski definition) is 10. The first-order chi connectivity index (χ1) is 20.9. The number of halogens is 2. The Hall–Kier alpha value is -4.48. The van der Waals surface area contributed by atoms with Crippen LogP contribution < -0.4 is 10.2 Å². The summed E-state index contributed by atoms with van der Waals surface area (Å²) in [5.74, 6) is -3.29. The van der Waals surface area contributed by atoms with E-state index in [2.05, 4.69) is 15.3 Å². The quantitative estimate of drug-likeness (QED) is 0.303. The summed E-state index contributed by atoms with van der Waals surface area (Å²) in [5.41, 5.74) is 0.225. The second kappa shape index (κ2) is 12.3. The highest BCUT2D eigenvalue weighted by Crippen LogP contribution is 2.32. The summed E-state index contributed by atoms with van der Waals surface area (Å²) in [6, 6.07) is 6.16. The average Bonchev–Trinajstić information content (AvgIpc) is 3.34. The number of anilines is 2. The molecule has 1 fully saturated rings. The summed E-state index contributed by atoms with van der Waals surface area (Å²) in [6.07, 6.45) is -0.941. The molecule has 1 amide bonds. The van der Waals surface area contributed by atoms with Crippen molar-refractivity contribution in [2.24, 2.45) is 0 Å². The number of piperazine rings is 1. The smallest absolute Gasteiger partial charge is 0.434 e. The zero-order chi connectivity index (χ0) is 31.8. The van der Waals surface area contributed by atoms with Crippen LogP contribution in [0, 0.1) is 21.7 Å². The number of hydrogen-bond donors (Lipinski definition) is 1. The Morgan fingerprint density at radius 1 is 1.07 bits per heavy atom. The first-order valence-electron chi connectivity index (χ1n) is 13.7. The third-order valence-electron chi connectivity index (χ3n) is 7.46. The van der Waals surface area contributed by atoms with Crippen molar-refractivity contribution in [3.8, 4) is 0 Å². The van der Waals surface area contributed by atoms with Gasteiger partial charge in [-0.3, -0.25) is 14.9 Å². The number of sulfonamides is 1. The number of nitro groups is 1. The Bertz CT molecular complexity index is 1720. The van der Waals surface area contributed by atoms with Crippen LogP contribution in [-0.2, 0) is 27.7 Å². The lowest BCUT2D eigenvalue weighted by atomic mass is 10.1. The molecule has 2 aliphatic heterocycles. The molecule has 0 saturated carbocycles. The van der Waals surface area contributed by atoms with E-state index in [-0.39, 0.29) is 42.2 Å². The Kier molecular flexibility index (Phi) is 8.62. The molecule has 2 aliphatic rings. The van der Waals surface area contributed by atoms with E-state index < -0.39 is 55.7 Å². The van der Waals surface area contributed by atoms with Crippen molar-refractivity contribution in [3.63, 3.8) is 0 Å². The Morgan fingerprint density at radius 2 is 1.75 bits per heavy atom. The minimum atomic E-state index is -4.41. The van der Waals surface area contributed by atoms with Gasteiger partial charge in [-0.05, 0) is 38.2 Å². The van der Waals surface area contributed by atoms with Gasteiger partial charge in [0.2, 0.25) is 10.0 Å². The minimum absolute atomic E-state index is 0.00659. The number of nitro benzene ring substituents is 1. The molecule has 0 spiro atoms. The largest absolute Gasteiger partial charge is 0.448 e. The number of benzene rings is 2. The standard InChI is InChI=1S/C27H29F2N7O7S/c1-3-43-27(38)35-23-6-7-34(44(41,42)20-13-17(28)12-18(29)14-20)16-22(23)25(31-35)30-26(37)21-5-4-19(15-24(21)36(39)40)33-10-8-32(2)9-11-33/h4-5,12-15H,3,6-11,16H2,1-2H3,(H,30,31,37). The molecule has 0 unspecified atom stereocenters. The molecule has 1 saturated heterocycles. The first kappa shape index (κ1) is 31.0. The van der Waals surface area contributed by atoms with Gasteiger partial charge in [0.1, 0.15) is 17.2 Å². The van der Waals surface area contributed by atoms with Crippen LogP contribution in [0.2, 0.25) is 0 Å². The van der Waals surface area contributed by atoms with Crippen LogP contribution in [0.25, 0.3) is 0 Å². The maximum atomic E-state index is 13.8. The number of nitrogens with zero attached hydrogens (tertiary/aromatic N) is 6. The summed E-state index contributed by atoms with van der Waals surface area (Å²) in [7, 11) is -2.44. The molecule has 14 nitrogen and oxygen atoms in total. The van der Waals surface area contributed by atoms with Gasteiger partial charge in [0, 0.05) is 69.1 Å². The van der Waals surface area contributed by atoms with Crippen LogP contribution in [0.1, 0.15) is 28.5 Å². The van der Waals surface area contributed by atoms with E-state index in [1.807, 2.05) is 11.9 Å². The molecule has 0 bridgehead atoms. The molecule has 44 heavy (non-hydrogen) atoms. The van der Waals surface area contributed by atoms with Gasteiger partial charge in [0.05, 0.1) is 22.1 Å². The van der Waals surface area contributed by atoms with Gasteiger partial charge in [0.25, 0.3) is 11.6 Å². The molecule has 5 rings (SSSR count). The van der Waals surface area contributed by atoms with Gasteiger partial charge in [-0.15, -0.1) is 5.10 Å². The van der Waals surface area contributed by atoms with Gasteiger partial charge < -0.3 is 19.9 Å². The Labute approximate surface area is 251 Å². The van der Waals surface area contributed by atoms with Crippen molar-refractivity contribution in [2.45, 2.75) is 24.8 Å². The summed E-state index contributed by atoms with van der Waals surface area (Å²) >= 11 is 0. The van der Waals surface area contributed by atoms with Gasteiger partial charge in [-0.25, -0.2) is 22.0 Å². The van der Waals surface area contributed by atoms with Crippen molar-refractivity contribution in [2.75, 3.05) is 56.6 Å². The SMILES string of the molecule is CCOC(=O)n1nc(NC(=O)c2ccc(N3CCN(C)CC3)cc2[N+](=O)[O-])c2c1CCN(S(=O)(=O)c1cc(F)cc(F)c1)C2. The van der Waals surface area contributed by atoms with Crippen LogP contribution in [-0.4, -0.2) is 90.7 Å². The molecule has 0 atom stereocenters. The van der Waals surface area contributed by atoms with Gasteiger partial charge in [-0.1, -0.05) is 0 Å². The molecule has 3 aromatic rings. The Balaban J connectivity index is 1.48.